The van der Waals surface area contributed by atoms with Crippen LogP contribution in [0.3, 0.4) is 0 Å². The third-order valence-corrected chi connectivity index (χ3v) is 3.29. The second kappa shape index (κ2) is 6.54. The molecule has 88 valence electrons. The number of hydrogen-bond acceptors (Lipinski definition) is 2. The molecule has 1 aliphatic rings. The molecular weight excluding hydrogens is 196 g/mol. The number of hydrogen-bond donors (Lipinski definition) is 2. The fourth-order valence-electron chi connectivity index (χ4n) is 2.35. The summed E-state index contributed by atoms with van der Waals surface area (Å²) in [6.45, 7) is 3.55. The van der Waals surface area contributed by atoms with Gasteiger partial charge in [-0.2, -0.15) is 0 Å². The van der Waals surface area contributed by atoms with E-state index in [0.29, 0.717) is 0 Å². The largest absolute Gasteiger partial charge is 0.385 e. The number of nitrogens with one attached hydrogen (secondary N) is 2. The Morgan fingerprint density at radius 2 is 2.12 bits per heavy atom. The van der Waals surface area contributed by atoms with Gasteiger partial charge in [-0.25, -0.2) is 0 Å². The van der Waals surface area contributed by atoms with Crippen molar-refractivity contribution < 1.29 is 0 Å². The van der Waals surface area contributed by atoms with E-state index in [9.17, 15) is 0 Å². The summed E-state index contributed by atoms with van der Waals surface area (Å²) >= 11 is 0. The Morgan fingerprint density at radius 1 is 1.25 bits per heavy atom. The van der Waals surface area contributed by atoms with Gasteiger partial charge in [-0.1, -0.05) is 18.2 Å². The fourth-order valence-corrected chi connectivity index (χ4v) is 2.35. The Labute approximate surface area is 98.4 Å². The molecule has 1 atom stereocenters. The van der Waals surface area contributed by atoms with Crippen LogP contribution in [0.5, 0.6) is 0 Å². The van der Waals surface area contributed by atoms with Crippen molar-refractivity contribution in [3.05, 3.63) is 30.3 Å². The van der Waals surface area contributed by atoms with Crippen LogP contribution in [0.1, 0.15) is 25.7 Å². The van der Waals surface area contributed by atoms with Crippen LogP contribution in [0.4, 0.5) is 5.69 Å². The standard InChI is InChI=1S/C14H22N2/c1-2-8-14(9-3-1)16-11-5-7-13-6-4-10-15-12-13/h1-3,8-9,13,15-16H,4-7,10-12H2. The topological polar surface area (TPSA) is 24.1 Å². The Bertz CT molecular complexity index is 278. The molecule has 0 spiro atoms. The number of piperidine rings is 1. The summed E-state index contributed by atoms with van der Waals surface area (Å²) in [6.07, 6.45) is 5.41. The van der Waals surface area contributed by atoms with E-state index in [4.69, 9.17) is 0 Å². The van der Waals surface area contributed by atoms with Crippen molar-refractivity contribution in [3.63, 3.8) is 0 Å². The van der Waals surface area contributed by atoms with Crippen LogP contribution in [-0.2, 0) is 0 Å². The van der Waals surface area contributed by atoms with E-state index < -0.39 is 0 Å². The highest BCUT2D eigenvalue weighted by Crippen LogP contribution is 2.15. The van der Waals surface area contributed by atoms with Gasteiger partial charge in [-0.05, 0) is 56.8 Å². The van der Waals surface area contributed by atoms with E-state index in [1.165, 1.54) is 44.5 Å². The fraction of sp³-hybridized carbons (Fsp3) is 0.571. The first kappa shape index (κ1) is 11.5. The van der Waals surface area contributed by atoms with Crippen LogP contribution >= 0.6 is 0 Å². The zero-order valence-electron chi connectivity index (χ0n) is 9.91. The zero-order valence-corrected chi connectivity index (χ0v) is 9.91. The highest BCUT2D eigenvalue weighted by atomic mass is 14.9. The predicted octanol–water partition coefficient (Wildman–Crippen LogP) is 2.88. The second-order valence-corrected chi connectivity index (χ2v) is 4.65. The summed E-state index contributed by atoms with van der Waals surface area (Å²) in [7, 11) is 0. The third kappa shape index (κ3) is 3.86. The molecule has 1 unspecified atom stereocenters. The summed E-state index contributed by atoms with van der Waals surface area (Å²) in [4.78, 5) is 0. The van der Waals surface area contributed by atoms with Crippen molar-refractivity contribution in [2.24, 2.45) is 5.92 Å². The quantitative estimate of drug-likeness (QED) is 0.743. The third-order valence-electron chi connectivity index (χ3n) is 3.29. The van der Waals surface area contributed by atoms with Gasteiger partial charge in [0, 0.05) is 12.2 Å². The molecule has 2 rings (SSSR count). The molecule has 0 bridgehead atoms. The maximum atomic E-state index is 3.47. The lowest BCUT2D eigenvalue weighted by Gasteiger charge is -2.22. The molecule has 1 aliphatic heterocycles. The van der Waals surface area contributed by atoms with E-state index in [0.717, 1.165) is 12.5 Å². The summed E-state index contributed by atoms with van der Waals surface area (Å²) in [5, 5.41) is 6.94. The molecule has 0 saturated carbocycles. The molecule has 1 aromatic carbocycles. The lowest BCUT2D eigenvalue weighted by molar-refractivity contribution is 0.353. The summed E-state index contributed by atoms with van der Waals surface area (Å²) < 4.78 is 0. The van der Waals surface area contributed by atoms with Gasteiger partial charge in [0.05, 0.1) is 0 Å². The lowest BCUT2D eigenvalue weighted by atomic mass is 9.95. The van der Waals surface area contributed by atoms with E-state index in [1.807, 2.05) is 0 Å². The van der Waals surface area contributed by atoms with Gasteiger partial charge >= 0.3 is 0 Å². The Morgan fingerprint density at radius 3 is 2.88 bits per heavy atom. The van der Waals surface area contributed by atoms with E-state index >= 15 is 0 Å². The van der Waals surface area contributed by atoms with Gasteiger partial charge in [0.1, 0.15) is 0 Å². The summed E-state index contributed by atoms with van der Waals surface area (Å²) in [5.41, 5.74) is 1.24. The first-order chi connectivity index (χ1) is 7.95. The summed E-state index contributed by atoms with van der Waals surface area (Å²) in [5.74, 6) is 0.909. The van der Waals surface area contributed by atoms with E-state index in [-0.39, 0.29) is 0 Å². The molecular formula is C14H22N2. The van der Waals surface area contributed by atoms with Crippen molar-refractivity contribution in [3.8, 4) is 0 Å². The molecule has 2 heteroatoms. The lowest BCUT2D eigenvalue weighted by Crippen LogP contribution is -2.29. The number of anilines is 1. The zero-order chi connectivity index (χ0) is 11.1. The van der Waals surface area contributed by atoms with Crippen LogP contribution < -0.4 is 10.6 Å². The van der Waals surface area contributed by atoms with Gasteiger partial charge in [0.15, 0.2) is 0 Å². The van der Waals surface area contributed by atoms with Crippen LogP contribution in [0, 0.1) is 5.92 Å². The number of para-hydroxylation sites is 1. The predicted molar refractivity (Wildman–Crippen MR) is 69.8 cm³/mol. The first-order valence-electron chi connectivity index (χ1n) is 6.45. The number of benzene rings is 1. The molecule has 16 heavy (non-hydrogen) atoms. The summed E-state index contributed by atoms with van der Waals surface area (Å²) in [6, 6.07) is 10.5. The molecule has 0 aromatic heterocycles. The van der Waals surface area contributed by atoms with Crippen LogP contribution in [0.15, 0.2) is 30.3 Å². The van der Waals surface area contributed by atoms with E-state index in [1.54, 1.807) is 0 Å². The van der Waals surface area contributed by atoms with Gasteiger partial charge in [-0.15, -0.1) is 0 Å². The SMILES string of the molecule is c1ccc(NCCCC2CCCNC2)cc1. The Balaban J connectivity index is 1.58. The van der Waals surface area contributed by atoms with Crippen LogP contribution in [0.25, 0.3) is 0 Å². The highest BCUT2D eigenvalue weighted by molar-refractivity contribution is 5.42. The molecule has 0 amide bonds. The molecule has 1 aromatic rings. The Hall–Kier alpha value is -1.02. The molecule has 2 N–H and O–H groups in total. The van der Waals surface area contributed by atoms with Crippen molar-refractivity contribution in [2.45, 2.75) is 25.7 Å². The highest BCUT2D eigenvalue weighted by Gasteiger charge is 2.11. The van der Waals surface area contributed by atoms with Crippen molar-refractivity contribution in [1.29, 1.82) is 0 Å². The second-order valence-electron chi connectivity index (χ2n) is 4.65. The van der Waals surface area contributed by atoms with Crippen molar-refractivity contribution >= 4 is 5.69 Å². The average Bonchev–Trinajstić information content (AvgIpc) is 2.37. The maximum absolute atomic E-state index is 3.47. The first-order valence-corrected chi connectivity index (χ1v) is 6.45. The van der Waals surface area contributed by atoms with Gasteiger partial charge < -0.3 is 10.6 Å². The molecule has 2 nitrogen and oxygen atoms in total. The molecule has 0 radical (unpaired) electrons. The van der Waals surface area contributed by atoms with Crippen molar-refractivity contribution in [1.82, 2.24) is 5.32 Å². The molecule has 1 heterocycles. The molecule has 1 saturated heterocycles. The van der Waals surface area contributed by atoms with Crippen LogP contribution in [0.2, 0.25) is 0 Å². The van der Waals surface area contributed by atoms with E-state index in [2.05, 4.69) is 41.0 Å². The van der Waals surface area contributed by atoms with Gasteiger partial charge in [-0.3, -0.25) is 0 Å². The average molecular weight is 218 g/mol. The maximum Gasteiger partial charge on any atom is 0.0340 e. The van der Waals surface area contributed by atoms with Crippen LogP contribution in [-0.4, -0.2) is 19.6 Å². The monoisotopic (exact) mass is 218 g/mol. The van der Waals surface area contributed by atoms with Gasteiger partial charge in [0.25, 0.3) is 0 Å². The minimum Gasteiger partial charge on any atom is -0.385 e. The molecule has 0 aliphatic carbocycles. The smallest absolute Gasteiger partial charge is 0.0340 e. The minimum atomic E-state index is 0.909. The Kier molecular flexibility index (Phi) is 4.69. The van der Waals surface area contributed by atoms with Gasteiger partial charge in [0.2, 0.25) is 0 Å². The molecule has 1 fully saturated rings. The minimum absolute atomic E-state index is 0.909. The number of rotatable bonds is 5. The normalized spacial score (nSPS) is 20.6. The van der Waals surface area contributed by atoms with Crippen molar-refractivity contribution in [2.75, 3.05) is 25.0 Å².